The topological polar surface area (TPSA) is 85.1 Å². The van der Waals surface area contributed by atoms with E-state index >= 15 is 0 Å². The number of aromatic nitrogens is 4. The Balaban J connectivity index is 1.51. The monoisotopic (exact) mass is 380 g/mol. The molecule has 1 aliphatic heterocycles. The van der Waals surface area contributed by atoms with Gasteiger partial charge in [-0.25, -0.2) is 4.68 Å². The Morgan fingerprint density at radius 3 is 2.75 bits per heavy atom. The molecule has 2 aromatic heterocycles. The van der Waals surface area contributed by atoms with E-state index in [1.165, 1.54) is 10.7 Å². The number of fused-ring (bicyclic) bond motifs is 1. The van der Waals surface area contributed by atoms with Crippen LogP contribution in [0.2, 0.25) is 0 Å². The Morgan fingerprint density at radius 2 is 1.93 bits per heavy atom. The number of nitrogens with zero attached hydrogens (tertiary/aromatic N) is 5. The van der Waals surface area contributed by atoms with E-state index in [2.05, 4.69) is 20.4 Å². The molecule has 1 N–H and O–H groups in total. The first kappa shape index (κ1) is 18.2. The molecule has 146 valence electrons. The van der Waals surface area contributed by atoms with Crippen molar-refractivity contribution in [3.05, 3.63) is 52.4 Å². The summed E-state index contributed by atoms with van der Waals surface area (Å²) in [5.74, 6) is 0.597. The van der Waals surface area contributed by atoms with Crippen LogP contribution in [0.1, 0.15) is 29.8 Å². The second-order valence-electron chi connectivity index (χ2n) is 7.20. The zero-order valence-corrected chi connectivity index (χ0v) is 16.1. The maximum absolute atomic E-state index is 12.8. The molecule has 1 atom stereocenters. The zero-order valence-electron chi connectivity index (χ0n) is 16.1. The summed E-state index contributed by atoms with van der Waals surface area (Å²) in [5, 5.41) is 12.7. The van der Waals surface area contributed by atoms with Gasteiger partial charge in [-0.2, -0.15) is 10.2 Å². The Kier molecular flexibility index (Phi) is 4.85. The van der Waals surface area contributed by atoms with Gasteiger partial charge in [0.2, 0.25) is 0 Å². The van der Waals surface area contributed by atoms with Gasteiger partial charge in [0.05, 0.1) is 5.52 Å². The van der Waals surface area contributed by atoms with E-state index in [1.54, 1.807) is 17.8 Å². The van der Waals surface area contributed by atoms with Gasteiger partial charge in [0.15, 0.2) is 5.69 Å². The molecule has 0 spiro atoms. The highest BCUT2D eigenvalue weighted by molar-refractivity contribution is 6.04. The number of piperidine rings is 1. The molecule has 0 aliphatic carbocycles. The Labute approximate surface area is 162 Å². The van der Waals surface area contributed by atoms with Crippen molar-refractivity contribution in [1.82, 2.24) is 24.9 Å². The number of carbonyl (C=O) groups excluding carboxylic acids is 1. The van der Waals surface area contributed by atoms with Crippen LogP contribution in [-0.4, -0.2) is 44.6 Å². The number of benzene rings is 1. The highest BCUT2D eigenvalue weighted by Crippen LogP contribution is 2.22. The molecular formula is C20H24N6O2. The summed E-state index contributed by atoms with van der Waals surface area (Å²) in [4.78, 5) is 26.6. The molecule has 0 saturated carbocycles. The quantitative estimate of drug-likeness (QED) is 0.741. The third kappa shape index (κ3) is 3.37. The lowest BCUT2D eigenvalue weighted by Gasteiger charge is -2.36. The van der Waals surface area contributed by atoms with Gasteiger partial charge in [-0.1, -0.05) is 18.2 Å². The third-order valence-corrected chi connectivity index (χ3v) is 5.34. The minimum atomic E-state index is -0.171. The summed E-state index contributed by atoms with van der Waals surface area (Å²) in [7, 11) is 3.49. The minimum Gasteiger partial charge on any atom is -0.350 e. The maximum atomic E-state index is 12.8. The molecule has 3 aromatic rings. The van der Waals surface area contributed by atoms with Crippen LogP contribution in [0.3, 0.4) is 0 Å². The summed E-state index contributed by atoms with van der Waals surface area (Å²) >= 11 is 0. The number of hydrogen-bond acceptors (Lipinski definition) is 5. The fourth-order valence-corrected chi connectivity index (χ4v) is 3.83. The van der Waals surface area contributed by atoms with Crippen molar-refractivity contribution in [2.75, 3.05) is 18.0 Å². The predicted octanol–water partition coefficient (Wildman–Crippen LogP) is 1.46. The molecule has 1 aliphatic rings. The lowest BCUT2D eigenvalue weighted by atomic mass is 10.0. The standard InChI is InChI=1S/C20H24N6O2/c1-24-16-9-4-3-8-15(16)19(23-24)20(28)21-13-14-7-5-6-12-26(14)17-10-11-18(27)25(2)22-17/h3-4,8-11,14H,5-7,12-13H2,1-2H3,(H,21,28). The third-order valence-electron chi connectivity index (χ3n) is 5.34. The SMILES string of the molecule is Cn1nc(N2CCCCC2CNC(=O)c2nn(C)c3ccccc23)ccc1=O. The molecule has 8 nitrogen and oxygen atoms in total. The molecule has 1 unspecified atom stereocenters. The maximum Gasteiger partial charge on any atom is 0.272 e. The molecule has 1 fully saturated rings. The number of rotatable bonds is 4. The van der Waals surface area contributed by atoms with Crippen molar-refractivity contribution in [1.29, 1.82) is 0 Å². The molecule has 1 aromatic carbocycles. The van der Waals surface area contributed by atoms with Gasteiger partial charge in [-0.3, -0.25) is 14.3 Å². The lowest BCUT2D eigenvalue weighted by Crippen LogP contribution is -2.47. The van der Waals surface area contributed by atoms with Gasteiger partial charge >= 0.3 is 0 Å². The molecule has 1 amide bonds. The molecule has 28 heavy (non-hydrogen) atoms. The van der Waals surface area contributed by atoms with Crippen LogP contribution in [-0.2, 0) is 14.1 Å². The normalized spacial score (nSPS) is 17.1. The van der Waals surface area contributed by atoms with E-state index < -0.39 is 0 Å². The van der Waals surface area contributed by atoms with Crippen LogP contribution in [0, 0.1) is 0 Å². The van der Waals surface area contributed by atoms with Crippen LogP contribution < -0.4 is 15.8 Å². The molecule has 1 saturated heterocycles. The highest BCUT2D eigenvalue weighted by atomic mass is 16.2. The van der Waals surface area contributed by atoms with E-state index in [9.17, 15) is 9.59 Å². The van der Waals surface area contributed by atoms with Crippen LogP contribution in [0.5, 0.6) is 0 Å². The summed E-state index contributed by atoms with van der Waals surface area (Å²) in [5.41, 5.74) is 1.25. The van der Waals surface area contributed by atoms with Crippen LogP contribution >= 0.6 is 0 Å². The number of amides is 1. The Morgan fingerprint density at radius 1 is 1.11 bits per heavy atom. The Hall–Kier alpha value is -3.16. The van der Waals surface area contributed by atoms with Gasteiger partial charge in [0, 0.05) is 44.7 Å². The number of nitrogens with one attached hydrogen (secondary N) is 1. The first-order valence-corrected chi connectivity index (χ1v) is 9.55. The smallest absolute Gasteiger partial charge is 0.272 e. The summed E-state index contributed by atoms with van der Waals surface area (Å²) in [6, 6.07) is 11.1. The summed E-state index contributed by atoms with van der Waals surface area (Å²) in [6.45, 7) is 1.37. The highest BCUT2D eigenvalue weighted by Gasteiger charge is 2.25. The van der Waals surface area contributed by atoms with Gasteiger partial charge in [-0.05, 0) is 31.4 Å². The lowest BCUT2D eigenvalue weighted by molar-refractivity contribution is 0.0945. The first-order chi connectivity index (χ1) is 13.5. The molecule has 4 rings (SSSR count). The number of anilines is 1. The van der Waals surface area contributed by atoms with Crippen molar-refractivity contribution >= 4 is 22.6 Å². The van der Waals surface area contributed by atoms with E-state index in [0.29, 0.717) is 12.2 Å². The summed E-state index contributed by atoms with van der Waals surface area (Å²) in [6.07, 6.45) is 3.14. The van der Waals surface area contributed by atoms with Gasteiger partial charge in [0.25, 0.3) is 11.5 Å². The molecule has 8 heteroatoms. The van der Waals surface area contributed by atoms with Crippen LogP contribution in [0.15, 0.2) is 41.2 Å². The average Bonchev–Trinajstić information content (AvgIpc) is 3.05. The second kappa shape index (κ2) is 7.46. The molecule has 0 bridgehead atoms. The van der Waals surface area contributed by atoms with Gasteiger partial charge < -0.3 is 10.2 Å². The minimum absolute atomic E-state index is 0.132. The predicted molar refractivity (Wildman–Crippen MR) is 108 cm³/mol. The van der Waals surface area contributed by atoms with Crippen molar-refractivity contribution in [3.63, 3.8) is 0 Å². The number of aryl methyl sites for hydroxylation is 2. The van der Waals surface area contributed by atoms with E-state index in [-0.39, 0.29) is 17.5 Å². The fraction of sp³-hybridized carbons (Fsp3) is 0.400. The molecule has 0 radical (unpaired) electrons. The van der Waals surface area contributed by atoms with Gasteiger partial charge in [-0.15, -0.1) is 0 Å². The van der Waals surface area contributed by atoms with Gasteiger partial charge in [0.1, 0.15) is 5.82 Å². The van der Waals surface area contributed by atoms with Crippen molar-refractivity contribution in [3.8, 4) is 0 Å². The van der Waals surface area contributed by atoms with Crippen LogP contribution in [0.4, 0.5) is 5.82 Å². The molecular weight excluding hydrogens is 356 g/mol. The van der Waals surface area contributed by atoms with Crippen molar-refractivity contribution in [2.45, 2.75) is 25.3 Å². The van der Waals surface area contributed by atoms with Crippen molar-refractivity contribution in [2.24, 2.45) is 14.1 Å². The second-order valence-corrected chi connectivity index (χ2v) is 7.20. The van der Waals surface area contributed by atoms with Crippen molar-refractivity contribution < 1.29 is 4.79 Å². The summed E-state index contributed by atoms with van der Waals surface area (Å²) < 4.78 is 3.07. The number of hydrogen-bond donors (Lipinski definition) is 1. The Bertz CT molecular complexity index is 1070. The first-order valence-electron chi connectivity index (χ1n) is 9.55. The van der Waals surface area contributed by atoms with Crippen LogP contribution in [0.25, 0.3) is 10.9 Å². The molecule has 3 heterocycles. The van der Waals surface area contributed by atoms with E-state index in [4.69, 9.17) is 0 Å². The average molecular weight is 380 g/mol. The number of para-hydroxylation sites is 1. The zero-order chi connectivity index (χ0) is 19.7. The van der Waals surface area contributed by atoms with E-state index in [1.807, 2.05) is 31.3 Å². The number of carbonyl (C=O) groups is 1. The largest absolute Gasteiger partial charge is 0.350 e. The fourth-order valence-electron chi connectivity index (χ4n) is 3.83. The van der Waals surface area contributed by atoms with E-state index in [0.717, 1.165) is 42.5 Å².